The number of aromatic nitrogens is 4. The lowest BCUT2D eigenvalue weighted by atomic mass is 9.96. The maximum atomic E-state index is 12.5. The molecular weight excluding hydrogens is 394 g/mol. The Morgan fingerprint density at radius 1 is 1.03 bits per heavy atom. The third-order valence-electron chi connectivity index (χ3n) is 5.31. The largest absolute Gasteiger partial charge is 0.508 e. The second-order valence-corrected chi connectivity index (χ2v) is 7.46. The zero-order valence-corrected chi connectivity index (χ0v) is 17.1. The van der Waals surface area contributed by atoms with Crippen LogP contribution in [0, 0.1) is 5.92 Å². The van der Waals surface area contributed by atoms with Crippen molar-refractivity contribution in [2.45, 2.75) is 19.3 Å². The van der Waals surface area contributed by atoms with Crippen molar-refractivity contribution in [2.24, 2.45) is 5.92 Å². The van der Waals surface area contributed by atoms with E-state index in [0.717, 1.165) is 43.7 Å². The highest BCUT2D eigenvalue weighted by Gasteiger charge is 2.25. The summed E-state index contributed by atoms with van der Waals surface area (Å²) < 4.78 is 0. The van der Waals surface area contributed by atoms with Gasteiger partial charge in [-0.15, -0.1) is 10.2 Å². The zero-order chi connectivity index (χ0) is 21.5. The van der Waals surface area contributed by atoms with E-state index in [0.29, 0.717) is 18.2 Å². The number of anilines is 3. The van der Waals surface area contributed by atoms with Crippen molar-refractivity contribution in [2.75, 3.05) is 29.9 Å². The fourth-order valence-electron chi connectivity index (χ4n) is 3.56. The highest BCUT2D eigenvalue weighted by Crippen LogP contribution is 2.22. The fourth-order valence-corrected chi connectivity index (χ4v) is 3.56. The lowest BCUT2D eigenvalue weighted by Gasteiger charge is -2.31. The van der Waals surface area contributed by atoms with Gasteiger partial charge >= 0.3 is 0 Å². The first-order valence-corrected chi connectivity index (χ1v) is 10.3. The number of hydrogen-bond donors (Lipinski definition) is 3. The smallest absolute Gasteiger partial charge is 0.223 e. The standard InChI is InChI=1S/C22H25N7O2/c30-18-3-1-16(2-4-18)7-10-25-22(31)17-8-13-29(14-9-17)21-6-5-19(27-28-21)26-20-15-23-11-12-24-20/h1-6,11-12,15,17,30H,7-10,13-14H2,(H,25,31)(H,24,26,27). The molecule has 3 heterocycles. The van der Waals surface area contributed by atoms with Gasteiger partial charge in [0.2, 0.25) is 5.91 Å². The molecule has 0 aliphatic carbocycles. The van der Waals surface area contributed by atoms with Gasteiger partial charge < -0.3 is 20.6 Å². The Bertz CT molecular complexity index is 973. The normalized spacial score (nSPS) is 14.3. The van der Waals surface area contributed by atoms with Gasteiger partial charge in [-0.05, 0) is 49.1 Å². The topological polar surface area (TPSA) is 116 Å². The monoisotopic (exact) mass is 419 g/mol. The molecule has 9 heteroatoms. The second-order valence-electron chi connectivity index (χ2n) is 7.46. The van der Waals surface area contributed by atoms with Crippen molar-refractivity contribution in [1.29, 1.82) is 0 Å². The molecule has 1 aliphatic rings. The third kappa shape index (κ3) is 5.65. The van der Waals surface area contributed by atoms with Crippen LogP contribution in [0.3, 0.4) is 0 Å². The fraction of sp³-hybridized carbons (Fsp3) is 0.318. The number of aromatic hydroxyl groups is 1. The van der Waals surface area contributed by atoms with Gasteiger partial charge in [0, 0.05) is 37.9 Å². The van der Waals surface area contributed by atoms with Gasteiger partial charge in [0.1, 0.15) is 11.6 Å². The predicted molar refractivity (Wildman–Crippen MR) is 117 cm³/mol. The number of nitrogens with one attached hydrogen (secondary N) is 2. The number of rotatable bonds is 7. The molecule has 1 aromatic carbocycles. The van der Waals surface area contributed by atoms with Gasteiger partial charge in [-0.3, -0.25) is 9.78 Å². The minimum absolute atomic E-state index is 0.0154. The Morgan fingerprint density at radius 2 is 1.84 bits per heavy atom. The Kier molecular flexibility index (Phi) is 6.51. The number of phenols is 1. The number of piperidine rings is 1. The van der Waals surface area contributed by atoms with E-state index in [4.69, 9.17) is 0 Å². The van der Waals surface area contributed by atoms with Crippen LogP contribution in [0.1, 0.15) is 18.4 Å². The van der Waals surface area contributed by atoms with Gasteiger partial charge in [0.25, 0.3) is 0 Å². The van der Waals surface area contributed by atoms with E-state index in [1.54, 1.807) is 30.7 Å². The van der Waals surface area contributed by atoms with Gasteiger partial charge in [0.15, 0.2) is 11.6 Å². The summed E-state index contributed by atoms with van der Waals surface area (Å²) in [5.41, 5.74) is 1.09. The molecule has 0 spiro atoms. The van der Waals surface area contributed by atoms with Crippen LogP contribution in [0.5, 0.6) is 5.75 Å². The molecule has 0 unspecified atom stereocenters. The molecule has 0 radical (unpaired) electrons. The van der Waals surface area contributed by atoms with Crippen molar-refractivity contribution in [3.63, 3.8) is 0 Å². The molecule has 9 nitrogen and oxygen atoms in total. The summed E-state index contributed by atoms with van der Waals surface area (Å²) in [4.78, 5) is 22.8. The van der Waals surface area contributed by atoms with Crippen LogP contribution in [0.4, 0.5) is 17.5 Å². The summed E-state index contributed by atoms with van der Waals surface area (Å²) in [5, 5.41) is 23.9. The van der Waals surface area contributed by atoms with Gasteiger partial charge in [0.05, 0.1) is 6.20 Å². The van der Waals surface area contributed by atoms with Crippen LogP contribution >= 0.6 is 0 Å². The van der Waals surface area contributed by atoms with E-state index in [-0.39, 0.29) is 17.6 Å². The first kappa shape index (κ1) is 20.5. The molecule has 0 atom stereocenters. The minimum Gasteiger partial charge on any atom is -0.508 e. The van der Waals surface area contributed by atoms with Crippen molar-refractivity contribution in [1.82, 2.24) is 25.5 Å². The summed E-state index contributed by atoms with van der Waals surface area (Å²) in [5.74, 6) is 2.39. The summed E-state index contributed by atoms with van der Waals surface area (Å²) in [6, 6.07) is 10.8. The molecule has 3 N–H and O–H groups in total. The molecule has 1 fully saturated rings. The van der Waals surface area contributed by atoms with Crippen molar-refractivity contribution in [3.8, 4) is 5.75 Å². The first-order chi connectivity index (χ1) is 15.2. The SMILES string of the molecule is O=C(NCCc1ccc(O)cc1)C1CCN(c2ccc(Nc3cnccn3)nn2)CC1. The Hall–Kier alpha value is -3.75. The molecule has 1 amide bonds. The maximum absolute atomic E-state index is 12.5. The first-order valence-electron chi connectivity index (χ1n) is 10.3. The number of phenolic OH excluding ortho intramolecular Hbond substituents is 1. The maximum Gasteiger partial charge on any atom is 0.223 e. The Balaban J connectivity index is 1.21. The second kappa shape index (κ2) is 9.84. The van der Waals surface area contributed by atoms with E-state index in [2.05, 4.69) is 35.7 Å². The van der Waals surface area contributed by atoms with Gasteiger partial charge in [-0.2, -0.15) is 0 Å². The highest BCUT2D eigenvalue weighted by molar-refractivity contribution is 5.79. The third-order valence-corrected chi connectivity index (χ3v) is 5.31. The van der Waals surface area contributed by atoms with E-state index >= 15 is 0 Å². The van der Waals surface area contributed by atoms with Crippen LogP contribution in [0.15, 0.2) is 55.0 Å². The lowest BCUT2D eigenvalue weighted by molar-refractivity contribution is -0.125. The number of nitrogens with zero attached hydrogens (tertiary/aromatic N) is 5. The van der Waals surface area contributed by atoms with Crippen LogP contribution in [0.2, 0.25) is 0 Å². The van der Waals surface area contributed by atoms with Gasteiger partial charge in [-0.25, -0.2) is 4.98 Å². The Morgan fingerprint density at radius 3 is 2.52 bits per heavy atom. The van der Waals surface area contributed by atoms with E-state index in [1.807, 2.05) is 24.3 Å². The summed E-state index contributed by atoms with van der Waals surface area (Å²) in [6.07, 6.45) is 7.15. The van der Waals surface area contributed by atoms with Crippen molar-refractivity contribution in [3.05, 3.63) is 60.6 Å². The zero-order valence-electron chi connectivity index (χ0n) is 17.1. The van der Waals surface area contributed by atoms with E-state index in [1.165, 1.54) is 0 Å². The average Bonchev–Trinajstić information content (AvgIpc) is 2.82. The van der Waals surface area contributed by atoms with Crippen LogP contribution in [-0.4, -0.2) is 50.8 Å². The molecule has 160 valence electrons. The number of benzene rings is 1. The molecule has 0 saturated carbocycles. The highest BCUT2D eigenvalue weighted by atomic mass is 16.3. The molecule has 1 saturated heterocycles. The minimum atomic E-state index is 0.0154. The van der Waals surface area contributed by atoms with Crippen molar-refractivity contribution < 1.29 is 9.90 Å². The number of hydrogen-bond acceptors (Lipinski definition) is 8. The quantitative estimate of drug-likeness (QED) is 0.534. The molecule has 2 aromatic heterocycles. The van der Waals surface area contributed by atoms with Gasteiger partial charge in [-0.1, -0.05) is 12.1 Å². The van der Waals surface area contributed by atoms with Crippen molar-refractivity contribution >= 4 is 23.4 Å². The molecule has 0 bridgehead atoms. The summed E-state index contributed by atoms with van der Waals surface area (Å²) in [7, 11) is 0. The lowest BCUT2D eigenvalue weighted by Crippen LogP contribution is -2.41. The molecule has 3 aromatic rings. The Labute approximate surface area is 180 Å². The summed E-state index contributed by atoms with van der Waals surface area (Å²) >= 11 is 0. The molecule has 1 aliphatic heterocycles. The van der Waals surface area contributed by atoms with E-state index < -0.39 is 0 Å². The predicted octanol–water partition coefficient (Wildman–Crippen LogP) is 2.29. The number of amides is 1. The van der Waals surface area contributed by atoms with E-state index in [9.17, 15) is 9.90 Å². The molecular formula is C22H25N7O2. The molecule has 4 rings (SSSR count). The molecule has 31 heavy (non-hydrogen) atoms. The van der Waals surface area contributed by atoms with Crippen LogP contribution in [-0.2, 0) is 11.2 Å². The average molecular weight is 419 g/mol. The number of carbonyl (C=O) groups is 1. The van der Waals surface area contributed by atoms with Crippen LogP contribution in [0.25, 0.3) is 0 Å². The number of carbonyl (C=O) groups excluding carboxylic acids is 1. The summed E-state index contributed by atoms with van der Waals surface area (Å²) in [6.45, 7) is 2.12. The van der Waals surface area contributed by atoms with Crippen LogP contribution < -0.4 is 15.5 Å².